The zero-order valence-corrected chi connectivity index (χ0v) is 15.2. The molecule has 0 radical (unpaired) electrons. The summed E-state index contributed by atoms with van der Waals surface area (Å²) >= 11 is 0. The number of piperazine rings is 1. The van der Waals surface area contributed by atoms with Gasteiger partial charge in [-0.25, -0.2) is 9.18 Å². The Bertz CT molecular complexity index is 880. The molecule has 4 rings (SSSR count). The average Bonchev–Trinajstić information content (AvgIpc) is 3.20. The smallest absolute Gasteiger partial charge is 0.317 e. The topological polar surface area (TPSA) is 71.1 Å². The molecule has 1 saturated heterocycles. The van der Waals surface area contributed by atoms with Crippen LogP contribution in [0.15, 0.2) is 42.5 Å². The highest BCUT2D eigenvalue weighted by atomic mass is 19.1. The number of nitrogens with zero attached hydrogens (tertiary/aromatic N) is 2. The number of rotatable bonds is 3. The van der Waals surface area contributed by atoms with Gasteiger partial charge < -0.3 is 24.6 Å². The van der Waals surface area contributed by atoms with Crippen LogP contribution in [0.5, 0.6) is 11.5 Å². The molecule has 0 aromatic heterocycles. The molecule has 2 aliphatic heterocycles. The number of urea groups is 1. The van der Waals surface area contributed by atoms with Crippen LogP contribution in [0, 0.1) is 5.82 Å². The van der Waals surface area contributed by atoms with E-state index in [1.165, 1.54) is 12.1 Å². The molecule has 0 atom stereocenters. The molecule has 7 nitrogen and oxygen atoms in total. The Kier molecular flexibility index (Phi) is 5.01. The van der Waals surface area contributed by atoms with Crippen molar-refractivity contribution in [3.05, 3.63) is 59.4 Å². The summed E-state index contributed by atoms with van der Waals surface area (Å²) in [4.78, 5) is 28.4. The van der Waals surface area contributed by atoms with E-state index in [0.717, 1.165) is 5.56 Å². The highest BCUT2D eigenvalue weighted by Gasteiger charge is 2.26. The molecule has 1 fully saturated rings. The lowest BCUT2D eigenvalue weighted by molar-refractivity contribution is 0.0664. The van der Waals surface area contributed by atoms with Crippen molar-refractivity contribution in [2.45, 2.75) is 6.54 Å². The molecule has 0 spiro atoms. The predicted molar refractivity (Wildman–Crippen MR) is 98.7 cm³/mol. The first-order valence-corrected chi connectivity index (χ1v) is 9.06. The van der Waals surface area contributed by atoms with Gasteiger partial charge in [0.05, 0.1) is 0 Å². The van der Waals surface area contributed by atoms with E-state index in [4.69, 9.17) is 9.47 Å². The monoisotopic (exact) mass is 385 g/mol. The number of hydrogen-bond donors (Lipinski definition) is 1. The maximum absolute atomic E-state index is 12.9. The van der Waals surface area contributed by atoms with Gasteiger partial charge in [0, 0.05) is 38.3 Å². The minimum absolute atomic E-state index is 0.0929. The number of fused-ring (bicyclic) bond motifs is 1. The number of nitrogens with one attached hydrogen (secondary N) is 1. The van der Waals surface area contributed by atoms with Gasteiger partial charge in [0.15, 0.2) is 11.5 Å². The summed E-state index contributed by atoms with van der Waals surface area (Å²) in [5.41, 5.74) is 1.37. The van der Waals surface area contributed by atoms with E-state index in [1.807, 2.05) is 0 Å². The van der Waals surface area contributed by atoms with Crippen molar-refractivity contribution in [2.24, 2.45) is 0 Å². The van der Waals surface area contributed by atoms with Gasteiger partial charge in [0.25, 0.3) is 5.91 Å². The first kappa shape index (κ1) is 18.1. The zero-order valence-electron chi connectivity index (χ0n) is 15.2. The molecule has 3 amide bonds. The second kappa shape index (κ2) is 7.75. The first-order valence-electron chi connectivity index (χ1n) is 9.06. The van der Waals surface area contributed by atoms with Crippen LogP contribution in [-0.4, -0.2) is 54.7 Å². The molecule has 0 aliphatic carbocycles. The van der Waals surface area contributed by atoms with Gasteiger partial charge in [-0.1, -0.05) is 12.1 Å². The van der Waals surface area contributed by atoms with Crippen molar-refractivity contribution < 1.29 is 23.5 Å². The Morgan fingerprint density at radius 1 is 0.929 bits per heavy atom. The molecule has 8 heteroatoms. The zero-order chi connectivity index (χ0) is 19.5. The van der Waals surface area contributed by atoms with E-state index >= 15 is 0 Å². The third-order valence-electron chi connectivity index (χ3n) is 4.83. The lowest BCUT2D eigenvalue weighted by Crippen LogP contribution is -2.53. The average molecular weight is 385 g/mol. The van der Waals surface area contributed by atoms with E-state index in [9.17, 15) is 14.0 Å². The summed E-state index contributed by atoms with van der Waals surface area (Å²) < 4.78 is 23.5. The van der Waals surface area contributed by atoms with Crippen LogP contribution in [0.2, 0.25) is 0 Å². The number of carbonyl (C=O) groups is 2. The van der Waals surface area contributed by atoms with Gasteiger partial charge >= 0.3 is 6.03 Å². The van der Waals surface area contributed by atoms with E-state index in [1.54, 1.807) is 40.1 Å². The molecule has 28 heavy (non-hydrogen) atoms. The third-order valence-corrected chi connectivity index (χ3v) is 4.83. The lowest BCUT2D eigenvalue weighted by Gasteiger charge is -2.34. The molecule has 0 bridgehead atoms. The molecule has 2 aromatic carbocycles. The number of carbonyl (C=O) groups excluding carboxylic acids is 2. The third kappa shape index (κ3) is 3.85. The van der Waals surface area contributed by atoms with Crippen LogP contribution in [0.1, 0.15) is 15.9 Å². The Morgan fingerprint density at radius 3 is 2.36 bits per heavy atom. The molecule has 146 valence electrons. The lowest BCUT2D eigenvalue weighted by atomic mass is 10.1. The molecular weight excluding hydrogens is 365 g/mol. The first-order chi connectivity index (χ1) is 13.6. The van der Waals surface area contributed by atoms with Gasteiger partial charge in [-0.3, -0.25) is 4.79 Å². The number of hydrogen-bond acceptors (Lipinski definition) is 4. The van der Waals surface area contributed by atoms with Crippen molar-refractivity contribution in [1.82, 2.24) is 15.1 Å². The summed E-state index contributed by atoms with van der Waals surface area (Å²) in [6, 6.07) is 10.9. The van der Waals surface area contributed by atoms with Crippen molar-refractivity contribution >= 4 is 11.9 Å². The van der Waals surface area contributed by atoms with Gasteiger partial charge in [-0.05, 0) is 35.9 Å². The molecular formula is C20H20FN3O4. The van der Waals surface area contributed by atoms with Crippen LogP contribution in [-0.2, 0) is 6.54 Å². The molecule has 2 aromatic rings. The molecule has 0 unspecified atom stereocenters. The molecule has 0 saturated carbocycles. The SMILES string of the molecule is O=C(NCc1ccc(F)cc1)N1CCN(C(=O)c2ccc3c(c2)OCO3)CC1. The minimum atomic E-state index is -0.307. The van der Waals surface area contributed by atoms with Crippen molar-refractivity contribution in [3.63, 3.8) is 0 Å². The standard InChI is InChI=1S/C20H20FN3O4/c21-16-4-1-14(2-5-16)12-22-20(26)24-9-7-23(8-10-24)19(25)15-3-6-17-18(11-15)28-13-27-17/h1-6,11H,7-10,12-13H2,(H,22,26). The van der Waals surface area contributed by atoms with Gasteiger partial charge in [-0.15, -0.1) is 0 Å². The number of amides is 3. The second-order valence-corrected chi connectivity index (χ2v) is 6.63. The maximum atomic E-state index is 12.9. The maximum Gasteiger partial charge on any atom is 0.317 e. The fourth-order valence-corrected chi connectivity index (χ4v) is 3.22. The number of benzene rings is 2. The van der Waals surface area contributed by atoms with Gasteiger partial charge in [0.1, 0.15) is 5.82 Å². The van der Waals surface area contributed by atoms with Crippen LogP contribution in [0.25, 0.3) is 0 Å². The quantitative estimate of drug-likeness (QED) is 0.880. The molecule has 2 heterocycles. The van der Waals surface area contributed by atoms with Crippen molar-refractivity contribution in [3.8, 4) is 11.5 Å². The fourth-order valence-electron chi connectivity index (χ4n) is 3.22. The number of halogens is 1. The summed E-state index contributed by atoms with van der Waals surface area (Å²) in [6.07, 6.45) is 0. The van der Waals surface area contributed by atoms with Crippen molar-refractivity contribution in [2.75, 3.05) is 33.0 Å². The Labute approximate surface area is 161 Å². The summed E-state index contributed by atoms with van der Waals surface area (Å²) in [7, 11) is 0. The molecule has 1 N–H and O–H groups in total. The van der Waals surface area contributed by atoms with Gasteiger partial charge in [-0.2, -0.15) is 0 Å². The van der Waals surface area contributed by atoms with Crippen molar-refractivity contribution in [1.29, 1.82) is 0 Å². The largest absolute Gasteiger partial charge is 0.454 e. The second-order valence-electron chi connectivity index (χ2n) is 6.63. The number of ether oxygens (including phenoxy) is 2. The van der Waals surface area contributed by atoms with E-state index in [0.29, 0.717) is 49.8 Å². The Balaban J connectivity index is 1.28. The van der Waals surface area contributed by atoms with Crippen LogP contribution >= 0.6 is 0 Å². The van der Waals surface area contributed by atoms with E-state index in [-0.39, 0.29) is 24.5 Å². The highest BCUT2D eigenvalue weighted by Crippen LogP contribution is 2.32. The van der Waals surface area contributed by atoms with E-state index < -0.39 is 0 Å². The van der Waals surface area contributed by atoms with Crippen LogP contribution < -0.4 is 14.8 Å². The molecule has 2 aliphatic rings. The fraction of sp³-hybridized carbons (Fsp3) is 0.300. The van der Waals surface area contributed by atoms with Gasteiger partial charge in [0.2, 0.25) is 6.79 Å². The Hall–Kier alpha value is -3.29. The summed E-state index contributed by atoms with van der Waals surface area (Å²) in [5.74, 6) is 0.812. The summed E-state index contributed by atoms with van der Waals surface area (Å²) in [5, 5.41) is 2.82. The summed E-state index contributed by atoms with van der Waals surface area (Å²) in [6.45, 7) is 2.31. The van der Waals surface area contributed by atoms with E-state index in [2.05, 4.69) is 5.32 Å². The Morgan fingerprint density at radius 2 is 1.61 bits per heavy atom. The van der Waals surface area contributed by atoms with Crippen LogP contribution in [0.4, 0.5) is 9.18 Å². The minimum Gasteiger partial charge on any atom is -0.454 e. The highest BCUT2D eigenvalue weighted by molar-refractivity contribution is 5.95. The van der Waals surface area contributed by atoms with Crippen LogP contribution in [0.3, 0.4) is 0 Å². The predicted octanol–water partition coefficient (Wildman–Crippen LogP) is 2.22. The normalized spacial score (nSPS) is 15.5.